The zero-order chi connectivity index (χ0) is 21.3. The van der Waals surface area contributed by atoms with Crippen LogP contribution in [0.4, 0.5) is 5.95 Å². The lowest BCUT2D eigenvalue weighted by atomic mass is 9.87. The van der Waals surface area contributed by atoms with Crippen molar-refractivity contribution in [1.29, 1.82) is 0 Å². The summed E-state index contributed by atoms with van der Waals surface area (Å²) in [6.07, 6.45) is 5.67. The number of fused-ring (bicyclic) bond motifs is 1. The first-order valence-corrected chi connectivity index (χ1v) is 10.5. The summed E-state index contributed by atoms with van der Waals surface area (Å²) in [7, 11) is 0. The van der Waals surface area contributed by atoms with Crippen LogP contribution in [0.2, 0.25) is 0 Å². The molecule has 2 heterocycles. The van der Waals surface area contributed by atoms with Crippen LogP contribution in [-0.2, 0) is 10.2 Å². The highest BCUT2D eigenvalue weighted by Gasteiger charge is 2.23. The van der Waals surface area contributed by atoms with Crippen molar-refractivity contribution >= 4 is 23.0 Å². The van der Waals surface area contributed by atoms with Crippen LogP contribution in [0.15, 0.2) is 30.5 Å². The van der Waals surface area contributed by atoms with Gasteiger partial charge in [-0.05, 0) is 48.8 Å². The van der Waals surface area contributed by atoms with Crippen molar-refractivity contribution in [3.63, 3.8) is 0 Å². The first-order chi connectivity index (χ1) is 14.3. The number of benzene rings is 1. The highest BCUT2D eigenvalue weighted by atomic mass is 16.1. The molecule has 8 heteroatoms. The summed E-state index contributed by atoms with van der Waals surface area (Å²) in [5.74, 6) is 0.580. The summed E-state index contributed by atoms with van der Waals surface area (Å²) in [5, 5.41) is 14.9. The monoisotopic (exact) mass is 407 g/mol. The normalized spacial score (nSPS) is 19.6. The van der Waals surface area contributed by atoms with Crippen molar-refractivity contribution in [3.8, 4) is 5.69 Å². The lowest BCUT2D eigenvalue weighted by Crippen LogP contribution is -2.41. The van der Waals surface area contributed by atoms with Crippen molar-refractivity contribution in [1.82, 2.24) is 30.3 Å². The predicted octanol–water partition coefficient (Wildman–Crippen LogP) is 3.37. The van der Waals surface area contributed by atoms with E-state index in [-0.39, 0.29) is 23.4 Å². The van der Waals surface area contributed by atoms with Gasteiger partial charge in [-0.15, -0.1) is 5.10 Å². The van der Waals surface area contributed by atoms with Gasteiger partial charge in [0.2, 0.25) is 11.9 Å². The molecule has 4 rings (SSSR count). The van der Waals surface area contributed by atoms with E-state index in [0.717, 1.165) is 31.4 Å². The molecule has 3 aromatic rings. The van der Waals surface area contributed by atoms with Crippen LogP contribution in [0.5, 0.6) is 0 Å². The SMILES string of the molecule is CC(=O)NC1CCCC(Nc2ncc3nnn(-c4ccc(C(C)(C)C)cc4)c3n2)C1. The summed E-state index contributed by atoms with van der Waals surface area (Å²) in [5.41, 5.74) is 3.60. The van der Waals surface area contributed by atoms with Gasteiger partial charge in [-0.25, -0.2) is 4.98 Å². The molecule has 30 heavy (non-hydrogen) atoms. The lowest BCUT2D eigenvalue weighted by Gasteiger charge is -2.30. The summed E-state index contributed by atoms with van der Waals surface area (Å²) in [6, 6.07) is 8.75. The van der Waals surface area contributed by atoms with E-state index in [4.69, 9.17) is 4.98 Å². The quantitative estimate of drug-likeness (QED) is 0.688. The Morgan fingerprint density at radius 3 is 2.57 bits per heavy atom. The molecular formula is C22H29N7O. The zero-order valence-electron chi connectivity index (χ0n) is 18.0. The average Bonchev–Trinajstić information content (AvgIpc) is 3.10. The molecule has 0 aliphatic heterocycles. The van der Waals surface area contributed by atoms with Gasteiger partial charge in [-0.3, -0.25) is 4.79 Å². The van der Waals surface area contributed by atoms with Crippen LogP contribution in [0.3, 0.4) is 0 Å². The lowest BCUT2D eigenvalue weighted by molar-refractivity contribution is -0.119. The van der Waals surface area contributed by atoms with Crippen LogP contribution >= 0.6 is 0 Å². The van der Waals surface area contributed by atoms with E-state index in [1.54, 1.807) is 17.8 Å². The van der Waals surface area contributed by atoms with E-state index in [9.17, 15) is 4.79 Å². The Hall–Kier alpha value is -3.03. The molecule has 158 valence electrons. The number of hydrogen-bond donors (Lipinski definition) is 2. The van der Waals surface area contributed by atoms with E-state index in [1.165, 1.54) is 5.56 Å². The Kier molecular flexibility index (Phi) is 5.40. The third kappa shape index (κ3) is 4.42. The smallest absolute Gasteiger partial charge is 0.225 e. The van der Waals surface area contributed by atoms with Gasteiger partial charge >= 0.3 is 0 Å². The number of nitrogens with zero attached hydrogens (tertiary/aromatic N) is 5. The largest absolute Gasteiger partial charge is 0.354 e. The first kappa shape index (κ1) is 20.3. The molecule has 2 aromatic heterocycles. The summed E-state index contributed by atoms with van der Waals surface area (Å²) >= 11 is 0. The van der Waals surface area contributed by atoms with Gasteiger partial charge in [0.1, 0.15) is 0 Å². The maximum atomic E-state index is 11.4. The Balaban J connectivity index is 1.55. The van der Waals surface area contributed by atoms with Crippen molar-refractivity contribution in [2.24, 2.45) is 0 Å². The number of aromatic nitrogens is 5. The van der Waals surface area contributed by atoms with E-state index in [0.29, 0.717) is 17.1 Å². The van der Waals surface area contributed by atoms with Crippen molar-refractivity contribution < 1.29 is 4.79 Å². The van der Waals surface area contributed by atoms with Crippen LogP contribution in [0.25, 0.3) is 16.9 Å². The Bertz CT molecular complexity index is 1040. The van der Waals surface area contributed by atoms with Crippen molar-refractivity contribution in [3.05, 3.63) is 36.0 Å². The Morgan fingerprint density at radius 1 is 1.13 bits per heavy atom. The molecule has 0 bridgehead atoms. The molecule has 0 saturated heterocycles. The third-order valence-corrected chi connectivity index (χ3v) is 5.59. The number of amides is 1. The Morgan fingerprint density at radius 2 is 1.87 bits per heavy atom. The highest BCUT2D eigenvalue weighted by Crippen LogP contribution is 2.25. The van der Waals surface area contributed by atoms with E-state index < -0.39 is 0 Å². The summed E-state index contributed by atoms with van der Waals surface area (Å²) < 4.78 is 1.75. The molecule has 2 unspecified atom stereocenters. The second-order valence-electron chi connectivity index (χ2n) is 9.11. The number of hydrogen-bond acceptors (Lipinski definition) is 6. The average molecular weight is 408 g/mol. The van der Waals surface area contributed by atoms with Crippen LogP contribution < -0.4 is 10.6 Å². The topological polar surface area (TPSA) is 97.6 Å². The van der Waals surface area contributed by atoms with Gasteiger partial charge in [-0.2, -0.15) is 9.67 Å². The van der Waals surface area contributed by atoms with E-state index in [1.807, 2.05) is 12.1 Å². The Labute approximate surface area is 176 Å². The third-order valence-electron chi connectivity index (χ3n) is 5.59. The minimum absolute atomic E-state index is 0.0192. The molecule has 1 aliphatic rings. The fourth-order valence-electron chi connectivity index (χ4n) is 4.00. The van der Waals surface area contributed by atoms with Crippen molar-refractivity contribution in [2.75, 3.05) is 5.32 Å². The van der Waals surface area contributed by atoms with Gasteiger partial charge in [0.05, 0.1) is 11.9 Å². The fourth-order valence-corrected chi connectivity index (χ4v) is 4.00. The number of carbonyl (C=O) groups is 1. The van der Waals surface area contributed by atoms with Crippen LogP contribution in [0, 0.1) is 0 Å². The molecule has 0 spiro atoms. The molecule has 1 aliphatic carbocycles. The molecule has 2 N–H and O–H groups in total. The number of carbonyl (C=O) groups excluding carboxylic acids is 1. The molecule has 1 fully saturated rings. The van der Waals surface area contributed by atoms with E-state index in [2.05, 4.69) is 58.8 Å². The molecule has 0 radical (unpaired) electrons. The van der Waals surface area contributed by atoms with E-state index >= 15 is 0 Å². The maximum absolute atomic E-state index is 11.4. The second-order valence-corrected chi connectivity index (χ2v) is 9.11. The second kappa shape index (κ2) is 8.01. The standard InChI is InChI=1S/C22H29N7O/c1-14(30)24-16-6-5-7-17(12-16)25-21-23-13-19-20(26-21)29(28-27-19)18-10-8-15(9-11-18)22(2,3)4/h8-11,13,16-17H,5-7,12H2,1-4H3,(H,24,30)(H,23,25,26). The molecule has 1 aromatic carbocycles. The minimum atomic E-state index is 0.0192. The predicted molar refractivity (Wildman–Crippen MR) is 117 cm³/mol. The number of rotatable bonds is 4. The minimum Gasteiger partial charge on any atom is -0.354 e. The van der Waals surface area contributed by atoms with Gasteiger partial charge in [0, 0.05) is 19.0 Å². The molecule has 1 amide bonds. The van der Waals surface area contributed by atoms with Gasteiger partial charge in [-0.1, -0.05) is 38.1 Å². The summed E-state index contributed by atoms with van der Waals surface area (Å²) in [4.78, 5) is 20.5. The maximum Gasteiger partial charge on any atom is 0.225 e. The van der Waals surface area contributed by atoms with Crippen LogP contribution in [0.1, 0.15) is 58.9 Å². The zero-order valence-corrected chi connectivity index (χ0v) is 18.0. The molecule has 2 atom stereocenters. The van der Waals surface area contributed by atoms with Gasteiger partial charge < -0.3 is 10.6 Å². The fraction of sp³-hybridized carbons (Fsp3) is 0.500. The number of nitrogens with one attached hydrogen (secondary N) is 2. The van der Waals surface area contributed by atoms with Gasteiger partial charge in [0.15, 0.2) is 11.2 Å². The summed E-state index contributed by atoms with van der Waals surface area (Å²) in [6.45, 7) is 8.15. The van der Waals surface area contributed by atoms with Crippen LogP contribution in [-0.4, -0.2) is 43.0 Å². The first-order valence-electron chi connectivity index (χ1n) is 10.5. The number of anilines is 1. The molecular weight excluding hydrogens is 378 g/mol. The molecule has 1 saturated carbocycles. The highest BCUT2D eigenvalue weighted by molar-refractivity contribution is 5.73. The molecule has 8 nitrogen and oxygen atoms in total. The van der Waals surface area contributed by atoms with Crippen molar-refractivity contribution in [2.45, 2.75) is 70.9 Å². The van der Waals surface area contributed by atoms with Gasteiger partial charge in [0.25, 0.3) is 0 Å².